The van der Waals surface area contributed by atoms with Crippen LogP contribution in [-0.2, 0) is 37.4 Å². The minimum atomic E-state index is -4.45. The van der Waals surface area contributed by atoms with Gasteiger partial charge in [-0.2, -0.15) is 0 Å². The van der Waals surface area contributed by atoms with Crippen LogP contribution in [0.25, 0.3) is 0 Å². The summed E-state index contributed by atoms with van der Waals surface area (Å²) in [5, 5.41) is 31.0. The molecule has 1 rings (SSSR count). The largest absolute Gasteiger partial charge is 0.472 e. The highest BCUT2D eigenvalue weighted by Crippen LogP contribution is 2.43. The fourth-order valence-corrected chi connectivity index (χ4v) is 6.98. The third-order valence-electron chi connectivity index (χ3n) is 9.83. The molecule has 1 saturated heterocycles. The summed E-state index contributed by atoms with van der Waals surface area (Å²) in [6.45, 7) is 3.85. The van der Waals surface area contributed by atoms with Crippen molar-refractivity contribution < 1.29 is 62.1 Å². The van der Waals surface area contributed by atoms with Gasteiger partial charge in [-0.3, -0.25) is 18.6 Å². The summed E-state index contributed by atoms with van der Waals surface area (Å²) in [6, 6.07) is 0. The maximum absolute atomic E-state index is 12.7. The van der Waals surface area contributed by atoms with Crippen molar-refractivity contribution in [3.63, 3.8) is 0 Å². The molecule has 0 radical (unpaired) electrons. The van der Waals surface area contributed by atoms with Gasteiger partial charge in [-0.25, -0.2) is 4.57 Å². The van der Waals surface area contributed by atoms with Gasteiger partial charge in [0.05, 0.1) is 46.1 Å². The van der Waals surface area contributed by atoms with E-state index in [0.717, 1.165) is 70.6 Å². The predicted molar refractivity (Wildman–Crippen MR) is 237 cm³/mol. The Morgan fingerprint density at radius 2 is 1.45 bits per heavy atom. The van der Waals surface area contributed by atoms with Crippen molar-refractivity contribution in [2.75, 3.05) is 47.5 Å². The third-order valence-corrected chi connectivity index (χ3v) is 10.8. The maximum Gasteiger partial charge on any atom is 0.472 e. The molecule has 14 heteroatoms. The van der Waals surface area contributed by atoms with E-state index in [1.807, 2.05) is 33.3 Å². The number of aliphatic hydroxyl groups is 3. The number of hydrogen-bond donors (Lipinski definition) is 4. The number of carbonyl (C=O) groups is 2. The molecule has 0 bridgehead atoms. The maximum atomic E-state index is 12.7. The normalized spacial score (nSPS) is 21.1. The molecule has 0 aliphatic carbocycles. The second-order valence-corrected chi connectivity index (χ2v) is 18.0. The molecule has 0 amide bonds. The average molecular weight is 871 g/mol. The van der Waals surface area contributed by atoms with E-state index in [1.54, 1.807) is 12.2 Å². The molecule has 0 aromatic heterocycles. The van der Waals surface area contributed by atoms with Gasteiger partial charge < -0.3 is 38.9 Å². The molecule has 60 heavy (non-hydrogen) atoms. The molecular weight excluding hydrogens is 789 g/mol. The van der Waals surface area contributed by atoms with Crippen molar-refractivity contribution in [1.29, 1.82) is 0 Å². The molecule has 1 heterocycles. The molecule has 0 aromatic carbocycles. The highest BCUT2D eigenvalue weighted by Gasteiger charge is 2.35. The van der Waals surface area contributed by atoms with Gasteiger partial charge in [0.2, 0.25) is 0 Å². The molecule has 1 aliphatic rings. The number of hydrogen-bond acceptors (Lipinski definition) is 11. The van der Waals surface area contributed by atoms with Gasteiger partial charge in [0, 0.05) is 25.2 Å². The summed E-state index contributed by atoms with van der Waals surface area (Å²) >= 11 is 0. The first kappa shape index (κ1) is 55.6. The van der Waals surface area contributed by atoms with E-state index < -0.39 is 57.1 Å². The summed E-state index contributed by atoms with van der Waals surface area (Å²) in [6.07, 6.45) is 30.3. The van der Waals surface area contributed by atoms with Crippen molar-refractivity contribution in [2.24, 2.45) is 5.92 Å². The van der Waals surface area contributed by atoms with E-state index in [0.29, 0.717) is 43.1 Å². The number of carbonyl (C=O) groups excluding carboxylic acids is 2. The van der Waals surface area contributed by atoms with Crippen LogP contribution in [0.1, 0.15) is 136 Å². The Morgan fingerprint density at radius 1 is 0.800 bits per heavy atom. The molecule has 2 unspecified atom stereocenters. The van der Waals surface area contributed by atoms with Gasteiger partial charge in [0.25, 0.3) is 0 Å². The standard InChI is InChI=1S/C46H80NO12P/c1-6-8-10-11-12-13-14-15-16-17-18-19-20-21-27-31-45(51)58-40(38-57-60(53,54)56-35-34-47(3,4)5)37-55-44(50)30-26-23-22-25-29-41-42(49)36-46(52)59-43(41)33-32-39(48)28-24-9-7-2/h8,10,12-13,15-16,22,25,32-33,39-43,46,48-49,52H,6-7,9,11,14,17-21,23-24,26-31,34-38H2,1-5H3/p+1/b10-8-,13-12-,16-15-,25-22-,33-32+/t39-,40+,41-,42-,43+,46?/m0/s1. The van der Waals surface area contributed by atoms with E-state index in [4.69, 9.17) is 23.3 Å². The van der Waals surface area contributed by atoms with Gasteiger partial charge in [-0.05, 0) is 64.2 Å². The van der Waals surface area contributed by atoms with Crippen LogP contribution in [0.5, 0.6) is 0 Å². The van der Waals surface area contributed by atoms with E-state index in [1.165, 1.54) is 0 Å². The SMILES string of the molecule is CC/C=C\C/C=C\C/C=C\CCCCCCCC(=O)O[C@H](COC(=O)CCC/C=C\C[C@H]1[C@@H](O)CC(O)O[C@@H]1/C=C/[C@@H](O)CCCCC)COP(=O)(O)OCC[N+](C)(C)C. The van der Waals surface area contributed by atoms with Crippen LogP contribution in [0.4, 0.5) is 0 Å². The number of quaternary nitrogens is 1. The topological polar surface area (TPSA) is 178 Å². The van der Waals surface area contributed by atoms with Gasteiger partial charge >= 0.3 is 19.8 Å². The molecule has 0 aromatic rings. The van der Waals surface area contributed by atoms with Gasteiger partial charge in [-0.15, -0.1) is 0 Å². The predicted octanol–water partition coefficient (Wildman–Crippen LogP) is 8.57. The Bertz CT molecular complexity index is 1330. The van der Waals surface area contributed by atoms with Crippen LogP contribution in [0.3, 0.4) is 0 Å². The smallest absolute Gasteiger partial charge is 0.462 e. The lowest BCUT2D eigenvalue weighted by molar-refractivity contribution is -0.870. The van der Waals surface area contributed by atoms with Gasteiger partial charge in [-0.1, -0.05) is 113 Å². The zero-order valence-corrected chi connectivity index (χ0v) is 38.3. The zero-order valence-electron chi connectivity index (χ0n) is 37.5. The highest BCUT2D eigenvalue weighted by atomic mass is 31.2. The Balaban J connectivity index is 2.55. The van der Waals surface area contributed by atoms with Crippen molar-refractivity contribution in [2.45, 2.75) is 167 Å². The monoisotopic (exact) mass is 871 g/mol. The molecule has 0 spiro atoms. The fourth-order valence-electron chi connectivity index (χ4n) is 6.24. The number of ether oxygens (including phenoxy) is 3. The van der Waals surface area contributed by atoms with Gasteiger partial charge in [0.15, 0.2) is 12.4 Å². The van der Waals surface area contributed by atoms with E-state index >= 15 is 0 Å². The first-order valence-corrected chi connectivity index (χ1v) is 23.9. The van der Waals surface area contributed by atoms with Crippen LogP contribution in [-0.4, -0.2) is 115 Å². The number of likely N-dealkylation sites (N-methyl/N-ethyl adjacent to an activating group) is 1. The Morgan fingerprint density at radius 3 is 2.17 bits per heavy atom. The van der Waals surface area contributed by atoms with E-state index in [2.05, 4.69) is 50.3 Å². The van der Waals surface area contributed by atoms with E-state index in [9.17, 15) is 34.4 Å². The Hall–Kier alpha value is -2.45. The first-order chi connectivity index (χ1) is 28.7. The van der Waals surface area contributed by atoms with Crippen LogP contribution < -0.4 is 0 Å². The third kappa shape index (κ3) is 31.4. The molecule has 13 nitrogen and oxygen atoms in total. The quantitative estimate of drug-likeness (QED) is 0.0157. The number of rotatable bonds is 35. The highest BCUT2D eigenvalue weighted by molar-refractivity contribution is 7.47. The number of aliphatic hydroxyl groups excluding tert-OH is 3. The second kappa shape index (κ2) is 34.1. The molecule has 346 valence electrons. The average Bonchev–Trinajstić information content (AvgIpc) is 3.18. The summed E-state index contributed by atoms with van der Waals surface area (Å²) < 4.78 is 39.9. The number of phosphoric ester groups is 1. The van der Waals surface area contributed by atoms with Crippen LogP contribution in [0.2, 0.25) is 0 Å². The lowest BCUT2D eigenvalue weighted by Crippen LogP contribution is -2.43. The molecule has 1 fully saturated rings. The lowest BCUT2D eigenvalue weighted by Gasteiger charge is -2.36. The Kier molecular flexibility index (Phi) is 31.6. The minimum absolute atomic E-state index is 0.0188. The van der Waals surface area contributed by atoms with Crippen molar-refractivity contribution in [3.05, 3.63) is 60.8 Å². The van der Waals surface area contributed by atoms with Crippen molar-refractivity contribution >= 4 is 19.8 Å². The first-order valence-electron chi connectivity index (χ1n) is 22.4. The van der Waals surface area contributed by atoms with Crippen LogP contribution >= 0.6 is 7.82 Å². The van der Waals surface area contributed by atoms with Crippen LogP contribution in [0, 0.1) is 5.92 Å². The second-order valence-electron chi connectivity index (χ2n) is 16.6. The molecule has 4 N–H and O–H groups in total. The Labute approximate surface area is 361 Å². The molecular formula is C46H81NO12P+. The summed E-state index contributed by atoms with van der Waals surface area (Å²) in [5.74, 6) is -1.33. The molecule has 0 saturated carbocycles. The summed E-state index contributed by atoms with van der Waals surface area (Å²) in [4.78, 5) is 35.6. The molecule has 1 aliphatic heterocycles. The number of phosphoric acid groups is 1. The number of esters is 2. The number of unbranched alkanes of at least 4 members (excludes halogenated alkanes) is 8. The lowest BCUT2D eigenvalue weighted by atomic mass is 9.87. The summed E-state index contributed by atoms with van der Waals surface area (Å²) in [7, 11) is 1.30. The molecule has 7 atom stereocenters. The van der Waals surface area contributed by atoms with Crippen molar-refractivity contribution in [1.82, 2.24) is 0 Å². The summed E-state index contributed by atoms with van der Waals surface area (Å²) in [5.41, 5.74) is 0. The van der Waals surface area contributed by atoms with Crippen LogP contribution in [0.15, 0.2) is 60.8 Å². The minimum Gasteiger partial charge on any atom is -0.462 e. The van der Waals surface area contributed by atoms with Crippen molar-refractivity contribution in [3.8, 4) is 0 Å². The van der Waals surface area contributed by atoms with E-state index in [-0.39, 0.29) is 38.4 Å². The zero-order chi connectivity index (χ0) is 44.5. The number of allylic oxidation sites excluding steroid dienone is 8. The van der Waals surface area contributed by atoms with Gasteiger partial charge in [0.1, 0.15) is 19.8 Å². The fraction of sp³-hybridized carbons (Fsp3) is 0.739. The number of nitrogens with zero attached hydrogens (tertiary/aromatic N) is 1.